The predicted octanol–water partition coefficient (Wildman–Crippen LogP) is -12.3. The number of aliphatic hydroxyl groups excluding tert-OH is 3. The lowest BCUT2D eigenvalue weighted by atomic mass is 10.0. The number of imidazole rings is 2. The van der Waals surface area contributed by atoms with E-state index in [4.69, 9.17) is 51.0 Å². The smallest absolute Gasteiger partial charge is 0.322 e. The van der Waals surface area contributed by atoms with Gasteiger partial charge < -0.3 is 156 Å². The van der Waals surface area contributed by atoms with Crippen LogP contribution in [0.4, 0.5) is 4.79 Å². The molecule has 0 spiro atoms. The first-order chi connectivity index (χ1) is 55.9. The van der Waals surface area contributed by atoms with Crippen LogP contribution in [-0.4, -0.2) is 302 Å². The molecule has 49 nitrogen and oxygen atoms in total. The van der Waals surface area contributed by atoms with Gasteiger partial charge >= 0.3 is 12.0 Å². The summed E-state index contributed by atoms with van der Waals surface area (Å²) in [7, 11) is 0. The van der Waals surface area contributed by atoms with Gasteiger partial charge in [-0.05, 0) is 123 Å². The maximum atomic E-state index is 14.6. The molecular formula is C69H119N29O20. The minimum absolute atomic E-state index is 0.00505. The molecule has 49 heteroatoms. The first kappa shape index (κ1) is 100. The number of aliphatic carboxylic acids is 1. The van der Waals surface area contributed by atoms with E-state index in [1.54, 1.807) is 13.8 Å². The van der Waals surface area contributed by atoms with Crippen LogP contribution in [0.3, 0.4) is 0 Å². The van der Waals surface area contributed by atoms with Crippen molar-refractivity contribution in [1.29, 1.82) is 0 Å². The van der Waals surface area contributed by atoms with Crippen molar-refractivity contribution in [2.45, 2.75) is 215 Å². The number of guanidine groups is 2. The Kier molecular flexibility index (Phi) is 45.3. The van der Waals surface area contributed by atoms with Crippen molar-refractivity contribution < 1.29 is 97.1 Å². The van der Waals surface area contributed by atoms with Gasteiger partial charge in [-0.15, -0.1) is 0 Å². The third kappa shape index (κ3) is 36.9. The summed E-state index contributed by atoms with van der Waals surface area (Å²) >= 11 is 0. The summed E-state index contributed by atoms with van der Waals surface area (Å²) < 4.78 is 0. The Bertz CT molecular complexity index is 3670. The molecule has 36 N–H and O–H groups in total. The summed E-state index contributed by atoms with van der Waals surface area (Å²) in [6.45, 7) is 2.06. The molecule has 1 aliphatic heterocycles. The summed E-state index contributed by atoms with van der Waals surface area (Å²) in [5.74, 6) is -16.0. The van der Waals surface area contributed by atoms with Crippen LogP contribution in [0.25, 0.3) is 0 Å². The molecule has 3 rings (SSSR count). The number of H-pyrrole nitrogens is 2. The highest BCUT2D eigenvalue weighted by Crippen LogP contribution is 2.22. The second-order valence-electron chi connectivity index (χ2n) is 28.2. The van der Waals surface area contributed by atoms with E-state index in [0.717, 1.165) is 6.92 Å². The normalized spacial score (nSPS) is 15.7. The first-order valence-corrected chi connectivity index (χ1v) is 38.5. The molecule has 16 amide bonds. The number of urea groups is 1. The van der Waals surface area contributed by atoms with Crippen LogP contribution in [0, 0.1) is 5.92 Å². The quantitative estimate of drug-likeness (QED) is 0.0166. The lowest BCUT2D eigenvalue weighted by molar-refractivity contribution is -0.143. The van der Waals surface area contributed by atoms with Crippen molar-refractivity contribution in [3.8, 4) is 0 Å². The highest BCUT2D eigenvalue weighted by molar-refractivity contribution is 6.00. The number of amides is 16. The van der Waals surface area contributed by atoms with Crippen LogP contribution in [-0.2, 0) is 84.8 Å². The number of aromatic nitrogens is 4. The molecule has 660 valence electrons. The van der Waals surface area contributed by atoms with E-state index in [2.05, 4.69) is 104 Å². The number of nitrogens with two attached hydrogens (primary N) is 8. The van der Waals surface area contributed by atoms with Gasteiger partial charge in [-0.3, -0.25) is 81.9 Å². The SMILES string of the molecule is CC(C)[C@H](NC(=O)[C@@H]1CCCN1C(=O)[C@H](CCCN=C(N)N)NC(=O)[C@H](CO)NC(=O)[C@H](CCCCN)NC(=O)[C@H](C)NC(=O)[C@H](Cc1cnc[nH]1)NC(=O)CNC(=O)[C@H](CCCN=C(N)N)NC(=O)[C@H](CCCCN)NC(=O)[C@@H](NC(=O)[C@H](CO)NC(=O)[C@@H](N)Cc1cnc[nH]1)[C@@H](C)O)C(=O)N[C@@H](CCCNC(N)=O)C(=O)NCC(=O)O. The number of nitrogens with zero attached hydrogens (tertiary/aromatic N) is 5. The topological polar surface area (TPSA) is 816 Å². The van der Waals surface area contributed by atoms with Gasteiger partial charge in [0, 0.05) is 62.8 Å². The predicted molar refractivity (Wildman–Crippen MR) is 421 cm³/mol. The van der Waals surface area contributed by atoms with E-state index in [9.17, 15) is 92.0 Å². The maximum absolute atomic E-state index is 14.6. The molecule has 0 bridgehead atoms. The van der Waals surface area contributed by atoms with Crippen LogP contribution >= 0.6 is 0 Å². The number of aliphatic imine (C=N–C) groups is 2. The van der Waals surface area contributed by atoms with Crippen LogP contribution in [0.15, 0.2) is 35.0 Å². The molecule has 0 radical (unpaired) electrons. The molecule has 1 saturated heterocycles. The third-order valence-electron chi connectivity index (χ3n) is 18.2. The van der Waals surface area contributed by atoms with E-state index in [1.807, 2.05) is 0 Å². The van der Waals surface area contributed by atoms with Gasteiger partial charge in [0.2, 0.25) is 82.7 Å². The number of nitrogens with one attached hydrogen (secondary N) is 16. The Hall–Kier alpha value is -12.0. The number of likely N-dealkylation sites (tertiary alicyclic amines) is 1. The van der Waals surface area contributed by atoms with Gasteiger partial charge in [0.15, 0.2) is 11.9 Å². The molecule has 1 fully saturated rings. The number of carboxylic acids is 1. The zero-order valence-electron chi connectivity index (χ0n) is 66.5. The van der Waals surface area contributed by atoms with Gasteiger partial charge in [-0.2, -0.15) is 0 Å². The van der Waals surface area contributed by atoms with Gasteiger partial charge in [0.05, 0.1) is 44.6 Å². The molecule has 1 aliphatic rings. The molecule has 2 aromatic rings. The molecule has 3 heterocycles. The standard InChI is InChI=1S/C69H119N29O20/c1-35(2)52(64(115)91-42(16-10-23-82-69(77)118)57(108)84-30-51(103)104)96-63(114)49-18-12-24-98(49)66(117)45(17-11-22-81-68(75)76)93-61(112)47(31-99)95-59(110)43(13-5-7-19-70)89-54(105)36(3)87-60(111)46(26-39-28-79-34-86-39)88-50(102)29-83-56(107)41(15-9-21-80-67(73)74)90-58(109)44(14-6-8-20-71)92-65(116)53(37(4)101)97-62(113)48(32-100)94-55(106)40(72)25-38-27-78-33-85-38/h27-28,33-37,40-49,52-53,99-101H,5-26,29-32,70-72H2,1-4H3,(H,78,85)(H,79,86)(H,83,107)(H,84,108)(H,87,111)(H,88,102)(H,89,105)(H,90,109)(H,91,115)(H,92,116)(H,93,112)(H,94,106)(H,95,110)(H,96,114)(H,97,113)(H,103,104)(H4,73,74,80)(H4,75,76,81)(H3,77,82,118)/t36-,37+,40-,41-,42-,43-,44-,45-,46-,47-,48-,49-,52-,53-/m0/s1. The average molecular weight is 1670 g/mol. The number of aromatic amines is 2. The number of hydrogen-bond acceptors (Lipinski definition) is 26. The molecule has 2 aromatic heterocycles. The number of primary amides is 1. The van der Waals surface area contributed by atoms with Crippen molar-refractivity contribution >= 4 is 107 Å². The summed E-state index contributed by atoms with van der Waals surface area (Å²) in [5.41, 5.74) is 45.6. The zero-order chi connectivity index (χ0) is 88.1. The Morgan fingerprint density at radius 1 is 0.492 bits per heavy atom. The number of hydrogen-bond donors (Lipinski definition) is 28. The average Bonchev–Trinajstić information content (AvgIpc) is 1.65. The fourth-order valence-corrected chi connectivity index (χ4v) is 11.8. The van der Waals surface area contributed by atoms with Crippen LogP contribution in [0.5, 0.6) is 0 Å². The Balaban J connectivity index is 1.82. The lowest BCUT2D eigenvalue weighted by Crippen LogP contribution is -2.61. The number of unbranched alkanes of at least 4 members (excludes halogenated alkanes) is 2. The van der Waals surface area contributed by atoms with Crippen molar-refractivity contribution in [3.63, 3.8) is 0 Å². The van der Waals surface area contributed by atoms with E-state index in [1.165, 1.54) is 36.9 Å². The molecule has 14 atom stereocenters. The fraction of sp³-hybridized carbons (Fsp3) is 0.652. The molecule has 118 heavy (non-hydrogen) atoms. The summed E-state index contributed by atoms with van der Waals surface area (Å²) in [6, 6.07) is -20.2. The fourth-order valence-electron chi connectivity index (χ4n) is 11.8. The number of carboxylic acid groups (broad SMARTS) is 1. The number of aliphatic hydroxyl groups is 3. The number of rotatable bonds is 56. The summed E-state index contributed by atoms with van der Waals surface area (Å²) in [5, 5.41) is 74.7. The van der Waals surface area contributed by atoms with Crippen LogP contribution < -0.4 is 120 Å². The van der Waals surface area contributed by atoms with Gasteiger partial charge in [-0.25, -0.2) is 14.8 Å². The van der Waals surface area contributed by atoms with Gasteiger partial charge in [0.1, 0.15) is 79.0 Å². The maximum Gasteiger partial charge on any atom is 0.322 e. The molecular weight excluding hydrogens is 1550 g/mol. The monoisotopic (exact) mass is 1670 g/mol. The van der Waals surface area contributed by atoms with Crippen LogP contribution in [0.1, 0.15) is 129 Å². The molecule has 0 unspecified atom stereocenters. The minimum Gasteiger partial charge on any atom is -0.480 e. The summed E-state index contributed by atoms with van der Waals surface area (Å²) in [4.78, 5) is 240. The van der Waals surface area contributed by atoms with Gasteiger partial charge in [0.25, 0.3) is 0 Å². The van der Waals surface area contributed by atoms with Crippen molar-refractivity contribution in [2.75, 3.05) is 65.6 Å². The van der Waals surface area contributed by atoms with Gasteiger partial charge in [-0.1, -0.05) is 13.8 Å². The number of carbonyl (C=O) groups is 16. The lowest BCUT2D eigenvalue weighted by Gasteiger charge is -2.31. The molecule has 0 aromatic carbocycles. The van der Waals surface area contributed by atoms with E-state index >= 15 is 0 Å². The van der Waals surface area contributed by atoms with Crippen LogP contribution in [0.2, 0.25) is 0 Å². The Morgan fingerprint density at radius 2 is 0.932 bits per heavy atom. The third-order valence-corrected chi connectivity index (χ3v) is 18.2. The molecule has 0 aliphatic carbocycles. The molecule has 0 saturated carbocycles. The summed E-state index contributed by atoms with van der Waals surface area (Å²) in [6.07, 6.45) is 4.40. The minimum atomic E-state index is -1.81. The van der Waals surface area contributed by atoms with Crippen molar-refractivity contribution in [1.82, 2.24) is 99.3 Å². The Morgan fingerprint density at radius 3 is 1.42 bits per heavy atom. The van der Waals surface area contributed by atoms with E-state index in [0.29, 0.717) is 24.2 Å². The zero-order valence-corrected chi connectivity index (χ0v) is 66.5. The second-order valence-corrected chi connectivity index (χ2v) is 28.2. The number of carbonyl (C=O) groups excluding carboxylic acids is 15. The van der Waals surface area contributed by atoms with Crippen molar-refractivity contribution in [2.24, 2.45) is 61.8 Å². The highest BCUT2D eigenvalue weighted by atomic mass is 16.4. The van der Waals surface area contributed by atoms with Crippen molar-refractivity contribution in [3.05, 3.63) is 36.4 Å². The Labute approximate surface area is 679 Å². The largest absolute Gasteiger partial charge is 0.480 e. The van der Waals surface area contributed by atoms with E-state index < -0.39 is 212 Å². The van der Waals surface area contributed by atoms with E-state index in [-0.39, 0.29) is 141 Å². The highest BCUT2D eigenvalue weighted by Gasteiger charge is 2.42. The first-order valence-electron chi connectivity index (χ1n) is 38.5. The second kappa shape index (κ2) is 53.3.